The minimum Gasteiger partial charge on any atom is -0.304 e. The molecular weight excluding hydrogens is 246 g/mol. The van der Waals surface area contributed by atoms with Gasteiger partial charge in [-0.1, -0.05) is 13.8 Å². The molecular formula is C17H33N3. The van der Waals surface area contributed by atoms with Crippen LogP contribution in [-0.4, -0.2) is 72.1 Å². The van der Waals surface area contributed by atoms with Crippen LogP contribution in [0.4, 0.5) is 0 Å². The second kappa shape index (κ2) is 5.94. The predicted molar refractivity (Wildman–Crippen MR) is 85.0 cm³/mol. The first-order valence-electron chi connectivity index (χ1n) is 8.76. The lowest BCUT2D eigenvalue weighted by Gasteiger charge is -2.51. The highest BCUT2D eigenvalue weighted by molar-refractivity contribution is 4.97. The van der Waals surface area contributed by atoms with Gasteiger partial charge in [-0.05, 0) is 58.7 Å². The van der Waals surface area contributed by atoms with Crippen LogP contribution in [-0.2, 0) is 0 Å². The van der Waals surface area contributed by atoms with E-state index in [2.05, 4.69) is 42.5 Å². The van der Waals surface area contributed by atoms with E-state index in [0.717, 1.165) is 30.1 Å². The van der Waals surface area contributed by atoms with E-state index in [0.29, 0.717) is 0 Å². The molecule has 3 rings (SSSR count). The van der Waals surface area contributed by atoms with Gasteiger partial charge in [-0.2, -0.15) is 0 Å². The normalized spacial score (nSPS) is 41.2. The zero-order valence-electron chi connectivity index (χ0n) is 13.9. The van der Waals surface area contributed by atoms with E-state index in [-0.39, 0.29) is 0 Å². The highest BCUT2D eigenvalue weighted by Crippen LogP contribution is 2.32. The highest BCUT2D eigenvalue weighted by atomic mass is 15.3. The van der Waals surface area contributed by atoms with Crippen molar-refractivity contribution in [2.24, 2.45) is 5.92 Å². The van der Waals surface area contributed by atoms with Gasteiger partial charge < -0.3 is 4.90 Å². The highest BCUT2D eigenvalue weighted by Gasteiger charge is 2.41. The van der Waals surface area contributed by atoms with Crippen molar-refractivity contribution in [2.45, 2.75) is 70.6 Å². The van der Waals surface area contributed by atoms with E-state index in [1.165, 1.54) is 51.9 Å². The van der Waals surface area contributed by atoms with Gasteiger partial charge in [0, 0.05) is 37.3 Å². The number of rotatable bonds is 2. The summed E-state index contributed by atoms with van der Waals surface area (Å²) in [6, 6.07) is 3.23. The van der Waals surface area contributed by atoms with Crippen LogP contribution in [0.3, 0.4) is 0 Å². The molecule has 0 aromatic carbocycles. The Hall–Kier alpha value is -0.120. The van der Waals surface area contributed by atoms with Crippen LogP contribution in [0.2, 0.25) is 0 Å². The molecule has 3 saturated heterocycles. The Bertz CT molecular complexity index is 330. The molecule has 0 N–H and O–H groups in total. The van der Waals surface area contributed by atoms with Gasteiger partial charge in [-0.15, -0.1) is 0 Å². The van der Waals surface area contributed by atoms with Crippen LogP contribution in [0.25, 0.3) is 0 Å². The lowest BCUT2D eigenvalue weighted by atomic mass is 9.90. The third kappa shape index (κ3) is 2.77. The number of likely N-dealkylation sites (tertiary alicyclic amines) is 1. The monoisotopic (exact) mass is 279 g/mol. The standard InChI is InChI=1S/C17H33N3/c1-13(2)17-12-19-8-5-6-16(19)11-20(17)15-7-9-18(4)14(3)10-15/h13-17H,5-12H2,1-4H3. The molecule has 3 heterocycles. The second-order valence-electron chi connectivity index (χ2n) is 7.81. The van der Waals surface area contributed by atoms with Crippen molar-refractivity contribution < 1.29 is 0 Å². The second-order valence-corrected chi connectivity index (χ2v) is 7.81. The van der Waals surface area contributed by atoms with E-state index in [1.54, 1.807) is 0 Å². The molecule has 0 amide bonds. The zero-order valence-corrected chi connectivity index (χ0v) is 13.9. The van der Waals surface area contributed by atoms with Crippen LogP contribution in [0.15, 0.2) is 0 Å². The molecule has 3 heteroatoms. The molecule has 116 valence electrons. The maximum Gasteiger partial charge on any atom is 0.0249 e. The van der Waals surface area contributed by atoms with Gasteiger partial charge in [0.25, 0.3) is 0 Å². The van der Waals surface area contributed by atoms with Gasteiger partial charge in [0.05, 0.1) is 0 Å². The van der Waals surface area contributed by atoms with Crippen LogP contribution < -0.4 is 0 Å². The Labute approximate surface area is 125 Å². The van der Waals surface area contributed by atoms with Crippen molar-refractivity contribution in [3.63, 3.8) is 0 Å². The maximum absolute atomic E-state index is 2.92. The topological polar surface area (TPSA) is 9.72 Å². The molecule has 0 bridgehead atoms. The summed E-state index contributed by atoms with van der Waals surface area (Å²) in [6.07, 6.45) is 5.60. The van der Waals surface area contributed by atoms with Crippen molar-refractivity contribution in [1.82, 2.24) is 14.7 Å². The van der Waals surface area contributed by atoms with Gasteiger partial charge in [0.15, 0.2) is 0 Å². The number of hydrogen-bond acceptors (Lipinski definition) is 3. The first-order chi connectivity index (χ1) is 9.56. The summed E-state index contributed by atoms with van der Waals surface area (Å²) < 4.78 is 0. The quantitative estimate of drug-likeness (QED) is 0.768. The van der Waals surface area contributed by atoms with E-state index in [1.807, 2.05) is 0 Å². The fraction of sp³-hybridized carbons (Fsp3) is 1.00. The molecule has 3 nitrogen and oxygen atoms in total. The van der Waals surface area contributed by atoms with Crippen molar-refractivity contribution in [2.75, 3.05) is 33.2 Å². The smallest absolute Gasteiger partial charge is 0.0249 e. The van der Waals surface area contributed by atoms with E-state index >= 15 is 0 Å². The number of nitrogens with zero attached hydrogens (tertiary/aromatic N) is 3. The summed E-state index contributed by atoms with van der Waals surface area (Å²) in [5, 5.41) is 0. The SMILES string of the molecule is CC(C)C1CN2CCCC2CN1C1CCN(C)C(C)C1. The molecule has 20 heavy (non-hydrogen) atoms. The number of piperazine rings is 1. The lowest BCUT2D eigenvalue weighted by molar-refractivity contribution is -0.0241. The van der Waals surface area contributed by atoms with Crippen molar-refractivity contribution in [3.8, 4) is 0 Å². The molecule has 0 aromatic heterocycles. The average Bonchev–Trinajstić information content (AvgIpc) is 2.87. The molecule has 0 spiro atoms. The third-order valence-electron chi connectivity index (χ3n) is 6.19. The summed E-state index contributed by atoms with van der Waals surface area (Å²) in [5.41, 5.74) is 0. The lowest BCUT2D eigenvalue weighted by Crippen LogP contribution is -2.62. The number of hydrogen-bond donors (Lipinski definition) is 0. The van der Waals surface area contributed by atoms with Gasteiger partial charge in [0.2, 0.25) is 0 Å². The van der Waals surface area contributed by atoms with E-state index in [9.17, 15) is 0 Å². The zero-order chi connectivity index (χ0) is 14.3. The number of fused-ring (bicyclic) bond motifs is 1. The molecule has 0 aliphatic carbocycles. The summed E-state index contributed by atoms with van der Waals surface area (Å²) in [6.45, 7) is 12.5. The van der Waals surface area contributed by atoms with Crippen LogP contribution in [0, 0.1) is 5.92 Å². The largest absolute Gasteiger partial charge is 0.304 e. The van der Waals surface area contributed by atoms with E-state index < -0.39 is 0 Å². The first-order valence-corrected chi connectivity index (χ1v) is 8.76. The number of piperidine rings is 1. The molecule has 4 atom stereocenters. The Morgan fingerprint density at radius 3 is 2.50 bits per heavy atom. The summed E-state index contributed by atoms with van der Waals surface area (Å²) in [7, 11) is 2.29. The van der Waals surface area contributed by atoms with Gasteiger partial charge in [0.1, 0.15) is 0 Å². The maximum atomic E-state index is 2.92. The molecule has 0 saturated carbocycles. The van der Waals surface area contributed by atoms with Crippen LogP contribution >= 0.6 is 0 Å². The van der Waals surface area contributed by atoms with Crippen LogP contribution in [0.1, 0.15) is 46.5 Å². The first kappa shape index (κ1) is 14.8. The van der Waals surface area contributed by atoms with E-state index in [4.69, 9.17) is 0 Å². The summed E-state index contributed by atoms with van der Waals surface area (Å²) in [5.74, 6) is 0.784. The average molecular weight is 279 g/mol. The minimum absolute atomic E-state index is 0.753. The summed E-state index contributed by atoms with van der Waals surface area (Å²) >= 11 is 0. The Kier molecular flexibility index (Phi) is 4.40. The van der Waals surface area contributed by atoms with Gasteiger partial charge in [-0.25, -0.2) is 0 Å². The third-order valence-corrected chi connectivity index (χ3v) is 6.19. The fourth-order valence-corrected chi connectivity index (χ4v) is 4.65. The molecule has 3 fully saturated rings. The van der Waals surface area contributed by atoms with Crippen LogP contribution in [0.5, 0.6) is 0 Å². The predicted octanol–water partition coefficient (Wildman–Crippen LogP) is 2.27. The van der Waals surface area contributed by atoms with Crippen molar-refractivity contribution in [3.05, 3.63) is 0 Å². The van der Waals surface area contributed by atoms with Crippen molar-refractivity contribution in [1.29, 1.82) is 0 Å². The Balaban J connectivity index is 1.71. The molecule has 3 aliphatic heterocycles. The molecule has 4 unspecified atom stereocenters. The fourth-order valence-electron chi connectivity index (χ4n) is 4.65. The molecule has 0 aromatic rings. The Morgan fingerprint density at radius 1 is 1.00 bits per heavy atom. The minimum atomic E-state index is 0.753. The molecule has 3 aliphatic rings. The van der Waals surface area contributed by atoms with Gasteiger partial charge in [-0.3, -0.25) is 9.80 Å². The Morgan fingerprint density at radius 2 is 1.80 bits per heavy atom. The van der Waals surface area contributed by atoms with Gasteiger partial charge >= 0.3 is 0 Å². The molecule has 0 radical (unpaired) electrons. The summed E-state index contributed by atoms with van der Waals surface area (Å²) in [4.78, 5) is 8.23. The van der Waals surface area contributed by atoms with Crippen molar-refractivity contribution >= 4 is 0 Å².